The third-order valence-corrected chi connectivity index (χ3v) is 5.65. The molecule has 0 bridgehead atoms. The van der Waals surface area contributed by atoms with Crippen molar-refractivity contribution in [2.24, 2.45) is 0 Å². The van der Waals surface area contributed by atoms with Gasteiger partial charge in [-0.05, 0) is 65.9 Å². The first-order chi connectivity index (χ1) is 15.1. The second kappa shape index (κ2) is 7.95. The third kappa shape index (κ3) is 3.81. The fraction of sp³-hybridized carbons (Fsp3) is 0.190. The lowest BCUT2D eigenvalue weighted by Crippen LogP contribution is -2.16. The molecule has 1 fully saturated rings. The van der Waals surface area contributed by atoms with Crippen molar-refractivity contribution in [3.63, 3.8) is 0 Å². The number of rotatable bonds is 6. The molecule has 2 aromatic heterocycles. The van der Waals surface area contributed by atoms with Crippen LogP contribution in [-0.2, 0) is 0 Å². The number of thioether (sulfide) groups is 1. The maximum Gasteiger partial charge on any atom is 0.274 e. The number of amides is 1. The summed E-state index contributed by atoms with van der Waals surface area (Å²) in [6.07, 6.45) is 5.53. The zero-order chi connectivity index (χ0) is 21.4. The van der Waals surface area contributed by atoms with Gasteiger partial charge >= 0.3 is 0 Å². The number of nitrogens with one attached hydrogen (secondary N) is 1. The summed E-state index contributed by atoms with van der Waals surface area (Å²) in [5.74, 6) is 0.0154. The van der Waals surface area contributed by atoms with Gasteiger partial charge in [0.2, 0.25) is 0 Å². The lowest BCUT2D eigenvalue weighted by Gasteiger charge is -2.12. The van der Waals surface area contributed by atoms with Gasteiger partial charge in [0.25, 0.3) is 5.91 Å². The standard InChI is InChI=1S/C21H18FN7OS/c1-31-21-23-12-18(28(21)16-7-5-14(22)6-8-16)20(30)24-15-4-2-3-13(11-15)19-25-26-27-29(19)17-9-10-17/h2-8,11-12,17H,9-10H2,1H3,(H,24,30). The normalized spacial score (nSPS) is 13.4. The maximum atomic E-state index is 13.4. The average molecular weight is 435 g/mol. The van der Waals surface area contributed by atoms with E-state index in [4.69, 9.17) is 0 Å². The maximum absolute atomic E-state index is 13.4. The molecule has 1 saturated carbocycles. The van der Waals surface area contributed by atoms with E-state index < -0.39 is 0 Å². The Labute approximate surface area is 181 Å². The van der Waals surface area contributed by atoms with E-state index in [0.29, 0.717) is 34.1 Å². The van der Waals surface area contributed by atoms with Gasteiger partial charge < -0.3 is 5.32 Å². The van der Waals surface area contributed by atoms with Gasteiger partial charge in [-0.3, -0.25) is 9.36 Å². The fourth-order valence-corrected chi connectivity index (χ4v) is 3.90. The van der Waals surface area contributed by atoms with Crippen LogP contribution in [0, 0.1) is 5.82 Å². The van der Waals surface area contributed by atoms with Gasteiger partial charge in [-0.1, -0.05) is 23.9 Å². The van der Waals surface area contributed by atoms with Crippen LogP contribution in [0.5, 0.6) is 0 Å². The number of halogens is 1. The summed E-state index contributed by atoms with van der Waals surface area (Å²) in [4.78, 5) is 17.4. The molecule has 5 rings (SSSR count). The molecule has 1 N–H and O–H groups in total. The molecule has 1 amide bonds. The predicted molar refractivity (Wildman–Crippen MR) is 115 cm³/mol. The third-order valence-electron chi connectivity index (χ3n) is 4.99. The lowest BCUT2D eigenvalue weighted by molar-refractivity contribution is 0.102. The largest absolute Gasteiger partial charge is 0.321 e. The molecule has 31 heavy (non-hydrogen) atoms. The van der Waals surface area contributed by atoms with Gasteiger partial charge in [-0.25, -0.2) is 14.1 Å². The van der Waals surface area contributed by atoms with Crippen molar-refractivity contribution >= 4 is 23.4 Å². The number of imidazole rings is 1. The number of carbonyl (C=O) groups is 1. The van der Waals surface area contributed by atoms with E-state index >= 15 is 0 Å². The van der Waals surface area contributed by atoms with Crippen molar-refractivity contribution in [3.8, 4) is 17.1 Å². The average Bonchev–Trinajstić information content (AvgIpc) is 3.34. The Hall–Kier alpha value is -3.53. The van der Waals surface area contributed by atoms with E-state index in [1.807, 2.05) is 29.1 Å². The highest BCUT2D eigenvalue weighted by atomic mass is 32.2. The van der Waals surface area contributed by atoms with Crippen molar-refractivity contribution in [1.82, 2.24) is 29.8 Å². The van der Waals surface area contributed by atoms with Crippen LogP contribution < -0.4 is 5.32 Å². The molecule has 2 heterocycles. The van der Waals surface area contributed by atoms with Gasteiger partial charge in [0.1, 0.15) is 11.5 Å². The molecule has 10 heteroatoms. The zero-order valence-corrected chi connectivity index (χ0v) is 17.4. The van der Waals surface area contributed by atoms with E-state index in [1.165, 1.54) is 30.1 Å². The minimum Gasteiger partial charge on any atom is -0.321 e. The number of hydrogen-bond acceptors (Lipinski definition) is 6. The number of hydrogen-bond donors (Lipinski definition) is 1. The summed E-state index contributed by atoms with van der Waals surface area (Å²) in [5, 5.41) is 15.6. The summed E-state index contributed by atoms with van der Waals surface area (Å²) in [6, 6.07) is 13.7. The number of nitrogens with zero attached hydrogens (tertiary/aromatic N) is 6. The zero-order valence-electron chi connectivity index (χ0n) is 16.6. The first-order valence-electron chi connectivity index (χ1n) is 9.71. The Morgan fingerprint density at radius 2 is 2.00 bits per heavy atom. The van der Waals surface area contributed by atoms with Crippen LogP contribution >= 0.6 is 11.8 Å². The van der Waals surface area contributed by atoms with Crippen molar-refractivity contribution < 1.29 is 9.18 Å². The van der Waals surface area contributed by atoms with Crippen LogP contribution in [0.25, 0.3) is 17.1 Å². The van der Waals surface area contributed by atoms with Crippen molar-refractivity contribution in [2.45, 2.75) is 24.0 Å². The second-order valence-corrected chi connectivity index (χ2v) is 7.93. The second-order valence-electron chi connectivity index (χ2n) is 7.16. The van der Waals surface area contributed by atoms with E-state index in [1.54, 1.807) is 22.8 Å². The van der Waals surface area contributed by atoms with Crippen molar-refractivity contribution in [2.75, 3.05) is 11.6 Å². The van der Waals surface area contributed by atoms with Gasteiger partial charge in [0.05, 0.1) is 12.2 Å². The van der Waals surface area contributed by atoms with Gasteiger partial charge in [0, 0.05) is 16.9 Å². The molecule has 0 spiro atoms. The monoisotopic (exact) mass is 435 g/mol. The molecule has 1 aliphatic carbocycles. The van der Waals surface area contributed by atoms with E-state index in [-0.39, 0.29) is 11.7 Å². The summed E-state index contributed by atoms with van der Waals surface area (Å²) < 4.78 is 16.9. The topological polar surface area (TPSA) is 90.5 Å². The molecule has 8 nitrogen and oxygen atoms in total. The molecule has 1 aliphatic rings. The highest BCUT2D eigenvalue weighted by Gasteiger charge is 2.28. The molecular formula is C21H18FN7OS. The molecule has 4 aromatic rings. The molecule has 0 unspecified atom stereocenters. The van der Waals surface area contributed by atoms with E-state index in [2.05, 4.69) is 25.8 Å². The Balaban J connectivity index is 1.44. The smallest absolute Gasteiger partial charge is 0.274 e. The van der Waals surface area contributed by atoms with Crippen LogP contribution in [0.3, 0.4) is 0 Å². The van der Waals surface area contributed by atoms with Crippen LogP contribution in [0.4, 0.5) is 10.1 Å². The number of tetrazole rings is 1. The lowest BCUT2D eigenvalue weighted by atomic mass is 10.2. The van der Waals surface area contributed by atoms with Crippen LogP contribution in [0.1, 0.15) is 29.4 Å². The molecule has 0 radical (unpaired) electrons. The molecular weight excluding hydrogens is 417 g/mol. The molecule has 0 atom stereocenters. The van der Waals surface area contributed by atoms with Crippen LogP contribution in [0.15, 0.2) is 59.9 Å². The Kier molecular flexibility index (Phi) is 4.99. The quantitative estimate of drug-likeness (QED) is 0.461. The summed E-state index contributed by atoms with van der Waals surface area (Å²) >= 11 is 1.40. The van der Waals surface area contributed by atoms with E-state index in [9.17, 15) is 9.18 Å². The molecule has 2 aromatic carbocycles. The van der Waals surface area contributed by atoms with Crippen LogP contribution in [0.2, 0.25) is 0 Å². The minimum atomic E-state index is -0.342. The first kappa shape index (κ1) is 19.4. The van der Waals surface area contributed by atoms with Crippen molar-refractivity contribution in [1.29, 1.82) is 0 Å². The minimum absolute atomic E-state index is 0.323. The number of anilines is 1. The summed E-state index contributed by atoms with van der Waals surface area (Å²) in [6.45, 7) is 0. The number of carbonyl (C=O) groups excluding carboxylic acids is 1. The van der Waals surface area contributed by atoms with Gasteiger partial charge in [-0.2, -0.15) is 0 Å². The Morgan fingerprint density at radius 1 is 1.19 bits per heavy atom. The highest BCUT2D eigenvalue weighted by molar-refractivity contribution is 7.98. The molecule has 156 valence electrons. The van der Waals surface area contributed by atoms with Crippen molar-refractivity contribution in [3.05, 3.63) is 66.2 Å². The highest BCUT2D eigenvalue weighted by Crippen LogP contribution is 2.36. The van der Waals surface area contributed by atoms with Gasteiger partial charge in [-0.15, -0.1) is 5.10 Å². The Bertz CT molecular complexity index is 1250. The molecule has 0 saturated heterocycles. The number of benzene rings is 2. The number of aromatic nitrogens is 6. The predicted octanol–water partition coefficient (Wildman–Crippen LogP) is 3.97. The summed E-state index contributed by atoms with van der Waals surface area (Å²) in [7, 11) is 0. The van der Waals surface area contributed by atoms with Gasteiger partial charge in [0.15, 0.2) is 11.0 Å². The first-order valence-corrected chi connectivity index (χ1v) is 10.9. The van der Waals surface area contributed by atoms with Crippen LogP contribution in [-0.4, -0.2) is 41.9 Å². The summed E-state index contributed by atoms with van der Waals surface area (Å²) in [5.41, 5.74) is 2.45. The Morgan fingerprint density at radius 3 is 2.74 bits per heavy atom. The van der Waals surface area contributed by atoms with E-state index in [0.717, 1.165) is 18.4 Å². The SMILES string of the molecule is CSc1ncc(C(=O)Nc2cccc(-c3nnnn3C3CC3)c2)n1-c1ccc(F)cc1. The molecule has 0 aliphatic heterocycles. The fourth-order valence-electron chi connectivity index (χ4n) is 3.36.